The number of hydrogen-bond acceptors (Lipinski definition) is 18. The van der Waals surface area contributed by atoms with E-state index in [0.29, 0.717) is 12.8 Å². The van der Waals surface area contributed by atoms with Crippen LogP contribution in [0.3, 0.4) is 0 Å². The number of rotatable bonds is 26. The van der Waals surface area contributed by atoms with Crippen molar-refractivity contribution in [2.45, 2.75) is 208 Å². The Kier molecular flexibility index (Phi) is 23.0. The standard InChI is InChI=1S/C38H71NO18/c1-3-5-7-9-11-13-15-22(43)21(39-26(44)16-14-12-10-8-6-4-2)20-52-36-32(50)29(47)34(24(18-41)54-36)57-38-33(51)30(48)35(25(19-42)55-38)56-37-31(49)28(46)27(45)23(17-40)53-37/h21-25,27-38,40-43,45-51H,3-20H2,1-2H3,(H,39,44). The molecule has 17 unspecified atom stereocenters. The van der Waals surface area contributed by atoms with Crippen LogP contribution in [0.25, 0.3) is 0 Å². The Bertz CT molecular complexity index is 1090. The lowest BCUT2D eigenvalue weighted by atomic mass is 9.96. The summed E-state index contributed by atoms with van der Waals surface area (Å²) in [6.45, 7) is 1.56. The predicted molar refractivity (Wildman–Crippen MR) is 199 cm³/mol. The first kappa shape index (κ1) is 50.1. The third kappa shape index (κ3) is 14.7. The maximum atomic E-state index is 12.9. The minimum absolute atomic E-state index is 0.261. The van der Waals surface area contributed by atoms with Gasteiger partial charge in [-0.2, -0.15) is 0 Å². The Morgan fingerprint density at radius 2 is 1.00 bits per heavy atom. The van der Waals surface area contributed by atoms with Crippen LogP contribution in [0.15, 0.2) is 0 Å². The quantitative estimate of drug-likeness (QED) is 0.0412. The first-order valence-electron chi connectivity index (χ1n) is 20.8. The fraction of sp³-hybridized carbons (Fsp3) is 0.974. The van der Waals surface area contributed by atoms with Crippen LogP contribution in [0.1, 0.15) is 104 Å². The van der Waals surface area contributed by atoms with Gasteiger partial charge in [0.05, 0.1) is 38.6 Å². The molecule has 0 aliphatic carbocycles. The lowest BCUT2D eigenvalue weighted by Crippen LogP contribution is -2.66. The molecule has 0 spiro atoms. The SMILES string of the molecule is CCCCCCCCC(=O)NC(COC1OC(CO)C(OC2OC(CO)C(OC3OC(CO)C(O)C(O)C3O)C(O)C2O)C(O)C1O)C(O)CCCCCCCC. The molecule has 0 aromatic rings. The Hall–Kier alpha value is -1.21. The zero-order chi connectivity index (χ0) is 42.1. The smallest absolute Gasteiger partial charge is 0.220 e. The van der Waals surface area contributed by atoms with Crippen LogP contribution in [-0.2, 0) is 33.2 Å². The molecule has 19 heteroatoms. The molecule has 0 aromatic heterocycles. The maximum Gasteiger partial charge on any atom is 0.220 e. The van der Waals surface area contributed by atoms with Crippen molar-refractivity contribution in [2.24, 2.45) is 0 Å². The molecule has 19 nitrogen and oxygen atoms in total. The summed E-state index contributed by atoms with van der Waals surface area (Å²) in [5.41, 5.74) is 0. The molecule has 12 N–H and O–H groups in total. The molecule has 1 amide bonds. The van der Waals surface area contributed by atoms with Gasteiger partial charge in [-0.05, 0) is 12.8 Å². The van der Waals surface area contributed by atoms with E-state index in [1.807, 2.05) is 0 Å². The van der Waals surface area contributed by atoms with E-state index in [1.165, 1.54) is 0 Å². The van der Waals surface area contributed by atoms with Crippen molar-refractivity contribution in [1.29, 1.82) is 0 Å². The molecule has 57 heavy (non-hydrogen) atoms. The molecule has 336 valence electrons. The van der Waals surface area contributed by atoms with E-state index in [2.05, 4.69) is 19.2 Å². The van der Waals surface area contributed by atoms with Crippen molar-refractivity contribution in [3.8, 4) is 0 Å². The molecule has 17 atom stereocenters. The van der Waals surface area contributed by atoms with Gasteiger partial charge >= 0.3 is 0 Å². The van der Waals surface area contributed by atoms with Gasteiger partial charge in [-0.15, -0.1) is 0 Å². The molecule has 0 radical (unpaired) electrons. The highest BCUT2D eigenvalue weighted by Gasteiger charge is 2.53. The minimum Gasteiger partial charge on any atom is -0.394 e. The normalized spacial score (nSPS) is 37.2. The number of aliphatic hydroxyl groups is 11. The predicted octanol–water partition coefficient (Wildman–Crippen LogP) is -2.20. The van der Waals surface area contributed by atoms with Crippen LogP contribution in [0.2, 0.25) is 0 Å². The third-order valence-corrected chi connectivity index (χ3v) is 10.9. The topological polar surface area (TPSA) is 307 Å². The number of aliphatic hydroxyl groups excluding tert-OH is 11. The van der Waals surface area contributed by atoms with Gasteiger partial charge < -0.3 is 89.9 Å². The van der Waals surface area contributed by atoms with Gasteiger partial charge in [-0.1, -0.05) is 84.5 Å². The highest BCUT2D eigenvalue weighted by atomic mass is 16.8. The van der Waals surface area contributed by atoms with Crippen molar-refractivity contribution in [1.82, 2.24) is 5.32 Å². The van der Waals surface area contributed by atoms with E-state index >= 15 is 0 Å². The number of carbonyl (C=O) groups excluding carboxylic acids is 1. The molecule has 3 saturated heterocycles. The molecule has 3 fully saturated rings. The largest absolute Gasteiger partial charge is 0.394 e. The van der Waals surface area contributed by atoms with Crippen LogP contribution in [-0.4, -0.2) is 193 Å². The van der Waals surface area contributed by atoms with Crippen molar-refractivity contribution in [3.05, 3.63) is 0 Å². The second-order valence-electron chi connectivity index (χ2n) is 15.5. The van der Waals surface area contributed by atoms with E-state index in [0.717, 1.165) is 70.6 Å². The van der Waals surface area contributed by atoms with Gasteiger partial charge in [-0.25, -0.2) is 0 Å². The van der Waals surface area contributed by atoms with Crippen LogP contribution in [0.5, 0.6) is 0 Å². The Morgan fingerprint density at radius 1 is 0.561 bits per heavy atom. The Labute approximate surface area is 334 Å². The maximum absolute atomic E-state index is 12.9. The number of carbonyl (C=O) groups is 1. The van der Waals surface area contributed by atoms with Gasteiger partial charge in [0.1, 0.15) is 73.2 Å². The van der Waals surface area contributed by atoms with Crippen LogP contribution in [0, 0.1) is 0 Å². The van der Waals surface area contributed by atoms with Crippen LogP contribution >= 0.6 is 0 Å². The summed E-state index contributed by atoms with van der Waals surface area (Å²) in [7, 11) is 0. The highest BCUT2D eigenvalue weighted by Crippen LogP contribution is 2.33. The lowest BCUT2D eigenvalue weighted by molar-refractivity contribution is -0.379. The second kappa shape index (κ2) is 26.2. The fourth-order valence-corrected chi connectivity index (χ4v) is 7.31. The Balaban J connectivity index is 1.62. The van der Waals surface area contributed by atoms with Crippen LogP contribution in [0.4, 0.5) is 0 Å². The summed E-state index contributed by atoms with van der Waals surface area (Å²) in [6.07, 6.45) is -13.8. The summed E-state index contributed by atoms with van der Waals surface area (Å²) in [5, 5.41) is 118. The average molecular weight is 830 g/mol. The van der Waals surface area contributed by atoms with Crippen molar-refractivity contribution >= 4 is 5.91 Å². The third-order valence-electron chi connectivity index (χ3n) is 10.9. The summed E-state index contributed by atoms with van der Waals surface area (Å²) >= 11 is 0. The van der Waals surface area contributed by atoms with E-state index in [1.54, 1.807) is 0 Å². The molecule has 0 bridgehead atoms. The van der Waals surface area contributed by atoms with Crippen LogP contribution < -0.4 is 5.32 Å². The average Bonchev–Trinajstić information content (AvgIpc) is 3.20. The molecule has 3 rings (SSSR count). The number of nitrogens with one attached hydrogen (secondary N) is 1. The van der Waals surface area contributed by atoms with Crippen molar-refractivity contribution in [3.63, 3.8) is 0 Å². The summed E-state index contributed by atoms with van der Waals surface area (Å²) in [6, 6.07) is -0.872. The monoisotopic (exact) mass is 829 g/mol. The molecule has 0 saturated carbocycles. The molecule has 3 aliphatic heterocycles. The van der Waals surface area contributed by atoms with E-state index < -0.39 is 124 Å². The fourth-order valence-electron chi connectivity index (χ4n) is 7.31. The lowest BCUT2D eigenvalue weighted by Gasteiger charge is -2.48. The first-order chi connectivity index (χ1) is 27.3. The number of amides is 1. The number of ether oxygens (including phenoxy) is 6. The second-order valence-corrected chi connectivity index (χ2v) is 15.5. The van der Waals surface area contributed by atoms with Gasteiger partial charge in [0.2, 0.25) is 5.91 Å². The number of hydrogen-bond donors (Lipinski definition) is 12. The first-order valence-corrected chi connectivity index (χ1v) is 20.8. The molecule has 3 heterocycles. The summed E-state index contributed by atoms with van der Waals surface area (Å²) < 4.78 is 33.8. The van der Waals surface area contributed by atoms with Gasteiger partial charge in [0, 0.05) is 6.42 Å². The van der Waals surface area contributed by atoms with Gasteiger partial charge in [-0.3, -0.25) is 4.79 Å². The molecule has 0 aromatic carbocycles. The van der Waals surface area contributed by atoms with Crippen molar-refractivity contribution < 1.29 is 89.4 Å². The zero-order valence-corrected chi connectivity index (χ0v) is 33.3. The number of unbranched alkanes of at least 4 members (excludes halogenated alkanes) is 10. The van der Waals surface area contributed by atoms with E-state index in [-0.39, 0.29) is 18.9 Å². The van der Waals surface area contributed by atoms with E-state index in [4.69, 9.17) is 28.4 Å². The van der Waals surface area contributed by atoms with Gasteiger partial charge in [0.25, 0.3) is 0 Å². The van der Waals surface area contributed by atoms with E-state index in [9.17, 15) is 61.0 Å². The Morgan fingerprint density at radius 3 is 1.53 bits per heavy atom. The summed E-state index contributed by atoms with van der Waals surface area (Å²) in [4.78, 5) is 12.9. The molecular formula is C38H71NO18. The van der Waals surface area contributed by atoms with Crippen molar-refractivity contribution in [2.75, 3.05) is 26.4 Å². The zero-order valence-electron chi connectivity index (χ0n) is 33.3. The van der Waals surface area contributed by atoms with Gasteiger partial charge in [0.15, 0.2) is 18.9 Å². The molecule has 3 aliphatic rings. The summed E-state index contributed by atoms with van der Waals surface area (Å²) in [5.74, 6) is -0.261. The molecular weight excluding hydrogens is 758 g/mol. The minimum atomic E-state index is -1.96. The highest BCUT2D eigenvalue weighted by molar-refractivity contribution is 5.76.